The van der Waals surface area contributed by atoms with Gasteiger partial charge in [0.25, 0.3) is 7.82 Å². The normalized spacial score (nSPS) is 14.0. The van der Waals surface area contributed by atoms with Crippen LogP contribution in [0.25, 0.3) is 0 Å². The minimum Gasteiger partial charge on any atom is -0.756 e. The first-order chi connectivity index (χ1) is 35.9. The average molecular weight is 1060 g/mol. The number of amides is 1. The van der Waals surface area contributed by atoms with E-state index >= 15 is 0 Å². The van der Waals surface area contributed by atoms with Crippen LogP contribution in [0.5, 0.6) is 0 Å². The van der Waals surface area contributed by atoms with Gasteiger partial charge < -0.3 is 28.5 Å². The van der Waals surface area contributed by atoms with Crippen LogP contribution in [-0.4, -0.2) is 69.4 Å². The van der Waals surface area contributed by atoms with Gasteiger partial charge in [-0.3, -0.25) is 14.2 Å². The van der Waals surface area contributed by atoms with E-state index in [1.54, 1.807) is 0 Å². The Kier molecular flexibility index (Phi) is 52.8. The fourth-order valence-electron chi connectivity index (χ4n) is 9.14. The molecule has 434 valence electrons. The van der Waals surface area contributed by atoms with Gasteiger partial charge >= 0.3 is 5.97 Å². The highest BCUT2D eigenvalue weighted by Crippen LogP contribution is 2.38. The number of hydrogen-bond donors (Lipinski definition) is 1. The summed E-state index contributed by atoms with van der Waals surface area (Å²) in [5.74, 6) is -0.543. The van der Waals surface area contributed by atoms with Gasteiger partial charge in [0, 0.05) is 12.8 Å². The standard InChI is InChI=1S/C64H121N2O7P/c1-7-10-13-16-19-22-25-28-30-31-32-33-34-35-36-39-42-45-48-51-54-57-64(68)73-62(55-52-49-46-43-40-37-27-24-21-18-15-12-9-3)61(60-72-74(69,70)71-59-58-66(4,5)6)65-63(67)56-53-50-47-44-41-38-29-26-23-20-17-14-11-8-2/h11,14,20,23,28,30,52,55,61-62H,7-10,12-13,15-19,21-22,24-27,29,31-51,53-54,56-60H2,1-6H3,(H-,65,67,69,70)/b14-11+,23-20+,30-28+,55-52-. The molecule has 0 spiro atoms. The van der Waals surface area contributed by atoms with Crippen LogP contribution in [0, 0.1) is 0 Å². The Morgan fingerprint density at radius 3 is 1.30 bits per heavy atom. The van der Waals surface area contributed by atoms with Crippen molar-refractivity contribution in [2.24, 2.45) is 0 Å². The Morgan fingerprint density at radius 1 is 0.486 bits per heavy atom. The molecule has 10 heteroatoms. The van der Waals surface area contributed by atoms with E-state index in [1.807, 2.05) is 33.3 Å². The number of nitrogens with zero attached hydrogens (tertiary/aromatic N) is 1. The van der Waals surface area contributed by atoms with E-state index in [0.29, 0.717) is 17.4 Å². The van der Waals surface area contributed by atoms with Gasteiger partial charge in [0.05, 0.1) is 33.8 Å². The highest BCUT2D eigenvalue weighted by atomic mass is 31.2. The lowest BCUT2D eigenvalue weighted by atomic mass is 10.0. The van der Waals surface area contributed by atoms with E-state index in [-0.39, 0.29) is 31.5 Å². The van der Waals surface area contributed by atoms with E-state index in [0.717, 1.165) is 83.5 Å². The number of hydrogen-bond acceptors (Lipinski definition) is 7. The van der Waals surface area contributed by atoms with Crippen LogP contribution >= 0.6 is 7.82 Å². The second-order valence-corrected chi connectivity index (χ2v) is 23.9. The van der Waals surface area contributed by atoms with Gasteiger partial charge in [0.15, 0.2) is 0 Å². The average Bonchev–Trinajstić information content (AvgIpc) is 3.36. The summed E-state index contributed by atoms with van der Waals surface area (Å²) in [7, 11) is 1.18. The monoisotopic (exact) mass is 1060 g/mol. The summed E-state index contributed by atoms with van der Waals surface area (Å²) in [6.07, 6.45) is 66.5. The zero-order valence-corrected chi connectivity index (χ0v) is 50.4. The molecule has 0 saturated heterocycles. The number of carbonyl (C=O) groups excluding carboxylic acids is 2. The van der Waals surface area contributed by atoms with Crippen LogP contribution in [-0.2, 0) is 27.9 Å². The van der Waals surface area contributed by atoms with Crippen LogP contribution in [0.15, 0.2) is 48.6 Å². The number of rotatable bonds is 57. The lowest BCUT2D eigenvalue weighted by Gasteiger charge is -2.30. The number of unbranched alkanes of at least 4 members (excludes halogenated alkanes) is 35. The van der Waals surface area contributed by atoms with Crippen molar-refractivity contribution < 1.29 is 37.3 Å². The molecule has 3 unspecified atom stereocenters. The molecule has 0 aromatic rings. The number of esters is 1. The quantitative estimate of drug-likeness (QED) is 0.0212. The van der Waals surface area contributed by atoms with Gasteiger partial charge in [0.1, 0.15) is 19.3 Å². The van der Waals surface area contributed by atoms with Crippen LogP contribution in [0.3, 0.4) is 0 Å². The third kappa shape index (κ3) is 54.7. The summed E-state index contributed by atoms with van der Waals surface area (Å²) in [6.45, 7) is 6.75. The Labute approximate surface area is 458 Å². The number of quaternary nitrogens is 1. The fourth-order valence-corrected chi connectivity index (χ4v) is 9.87. The number of likely N-dealkylation sites (N-methyl/N-ethyl adjacent to an activating group) is 1. The summed E-state index contributed by atoms with van der Waals surface area (Å²) >= 11 is 0. The smallest absolute Gasteiger partial charge is 0.306 e. The Bertz CT molecular complexity index is 1410. The van der Waals surface area contributed by atoms with E-state index in [9.17, 15) is 19.0 Å². The molecule has 3 atom stereocenters. The highest BCUT2D eigenvalue weighted by Gasteiger charge is 2.27. The van der Waals surface area contributed by atoms with Crippen molar-refractivity contribution in [2.75, 3.05) is 40.9 Å². The molecule has 9 nitrogen and oxygen atoms in total. The lowest BCUT2D eigenvalue weighted by Crippen LogP contribution is -2.47. The Morgan fingerprint density at radius 2 is 0.865 bits per heavy atom. The van der Waals surface area contributed by atoms with Gasteiger partial charge in [-0.25, -0.2) is 0 Å². The SMILES string of the molecule is CC/C=C/C/C=C/CCCCCCCCCC(=O)NC(COP(=O)([O-])OCC[N+](C)(C)C)C(/C=C\CCCCCCCCCCCCC)OC(=O)CCCCCCCCCCCCC/C=C/CCCCCCCC. The maximum absolute atomic E-state index is 13.5. The third-order valence-electron chi connectivity index (χ3n) is 14.0. The zero-order chi connectivity index (χ0) is 54.3. The van der Waals surface area contributed by atoms with Gasteiger partial charge in [-0.1, -0.05) is 250 Å². The summed E-state index contributed by atoms with van der Waals surface area (Å²) in [4.78, 5) is 40.0. The highest BCUT2D eigenvalue weighted by molar-refractivity contribution is 7.45. The van der Waals surface area contributed by atoms with Crippen LogP contribution in [0.1, 0.15) is 297 Å². The van der Waals surface area contributed by atoms with E-state index in [4.69, 9.17) is 13.8 Å². The minimum atomic E-state index is -4.70. The molecule has 0 fully saturated rings. The van der Waals surface area contributed by atoms with Crippen molar-refractivity contribution in [1.29, 1.82) is 0 Å². The molecule has 0 aromatic carbocycles. The lowest BCUT2D eigenvalue weighted by molar-refractivity contribution is -0.870. The molecule has 0 heterocycles. The van der Waals surface area contributed by atoms with Crippen LogP contribution < -0.4 is 10.2 Å². The molecule has 0 radical (unpaired) electrons. The predicted molar refractivity (Wildman–Crippen MR) is 316 cm³/mol. The van der Waals surface area contributed by atoms with Crippen molar-refractivity contribution in [3.05, 3.63) is 48.6 Å². The Hall–Kier alpha value is -2.03. The maximum Gasteiger partial charge on any atom is 0.306 e. The van der Waals surface area contributed by atoms with Gasteiger partial charge in [-0.2, -0.15) is 0 Å². The molecule has 74 heavy (non-hydrogen) atoms. The van der Waals surface area contributed by atoms with E-state index < -0.39 is 20.0 Å². The molecule has 1 N–H and O–H groups in total. The predicted octanol–water partition coefficient (Wildman–Crippen LogP) is 18.6. The van der Waals surface area contributed by atoms with Crippen molar-refractivity contribution in [3.63, 3.8) is 0 Å². The van der Waals surface area contributed by atoms with Crippen molar-refractivity contribution >= 4 is 19.7 Å². The maximum atomic E-state index is 13.5. The van der Waals surface area contributed by atoms with E-state index in [2.05, 4.69) is 62.5 Å². The zero-order valence-electron chi connectivity index (χ0n) is 49.6. The van der Waals surface area contributed by atoms with Crippen molar-refractivity contribution in [2.45, 2.75) is 309 Å². The largest absolute Gasteiger partial charge is 0.756 e. The second kappa shape index (κ2) is 54.3. The summed E-state index contributed by atoms with van der Waals surface area (Å²) < 4.78 is 30.3. The van der Waals surface area contributed by atoms with Crippen LogP contribution in [0.4, 0.5) is 0 Å². The number of ether oxygens (including phenoxy) is 1. The second-order valence-electron chi connectivity index (χ2n) is 22.5. The first kappa shape index (κ1) is 72.0. The number of phosphoric acid groups is 1. The molecule has 0 bridgehead atoms. The van der Waals surface area contributed by atoms with Crippen molar-refractivity contribution in [1.82, 2.24) is 5.32 Å². The van der Waals surface area contributed by atoms with Gasteiger partial charge in [-0.15, -0.1) is 0 Å². The van der Waals surface area contributed by atoms with Gasteiger partial charge in [0.2, 0.25) is 5.91 Å². The number of phosphoric ester groups is 1. The minimum absolute atomic E-state index is 0.0236. The summed E-state index contributed by atoms with van der Waals surface area (Å²) in [5.41, 5.74) is 0. The van der Waals surface area contributed by atoms with E-state index in [1.165, 1.54) is 180 Å². The fraction of sp³-hybridized carbons (Fsp3) is 0.844. The Balaban J connectivity index is 5.22. The number of allylic oxidation sites excluding steroid dienone is 7. The third-order valence-corrected chi connectivity index (χ3v) is 15.0. The van der Waals surface area contributed by atoms with Gasteiger partial charge in [-0.05, 0) is 83.1 Å². The molecule has 1 amide bonds. The number of carbonyl (C=O) groups is 2. The van der Waals surface area contributed by atoms with Crippen molar-refractivity contribution in [3.8, 4) is 0 Å². The molecule has 0 saturated carbocycles. The molecule has 0 aliphatic rings. The first-order valence-electron chi connectivity index (χ1n) is 31.4. The molecule has 0 rings (SSSR count). The molecular weight excluding hydrogens is 940 g/mol. The molecule has 0 aliphatic heterocycles. The van der Waals surface area contributed by atoms with Crippen LogP contribution in [0.2, 0.25) is 0 Å². The molecular formula is C64H121N2O7P. The number of nitrogens with one attached hydrogen (secondary N) is 1. The molecule has 0 aromatic heterocycles. The topological polar surface area (TPSA) is 114 Å². The summed E-state index contributed by atoms with van der Waals surface area (Å²) in [5, 5.41) is 3.03. The molecule has 0 aliphatic carbocycles. The summed E-state index contributed by atoms with van der Waals surface area (Å²) in [6, 6.07) is -0.891. The first-order valence-corrected chi connectivity index (χ1v) is 32.9.